The van der Waals surface area contributed by atoms with Crippen molar-refractivity contribution in [2.45, 2.75) is 32.4 Å². The van der Waals surface area contributed by atoms with Gasteiger partial charge in [0.1, 0.15) is 5.25 Å². The predicted molar refractivity (Wildman–Crippen MR) is 107 cm³/mol. The zero-order valence-corrected chi connectivity index (χ0v) is 15.8. The normalized spacial score (nSPS) is 18.0. The molecule has 0 radical (unpaired) electrons. The molecule has 26 heavy (non-hydrogen) atoms. The maximum Gasteiger partial charge on any atom is 0.240 e. The van der Waals surface area contributed by atoms with Crippen molar-refractivity contribution in [3.63, 3.8) is 0 Å². The quantitative estimate of drug-likeness (QED) is 0.862. The van der Waals surface area contributed by atoms with Crippen LogP contribution in [0.15, 0.2) is 47.5 Å². The number of nitrogens with zero attached hydrogens (tertiary/aromatic N) is 1. The number of thioether (sulfide) groups is 1. The lowest BCUT2D eigenvalue weighted by atomic mass is 10.1. The van der Waals surface area contributed by atoms with E-state index in [9.17, 15) is 9.59 Å². The van der Waals surface area contributed by atoms with Crippen LogP contribution in [0.3, 0.4) is 0 Å². The average molecular weight is 367 g/mol. The molecule has 134 valence electrons. The average Bonchev–Trinajstić information content (AvgIpc) is 2.90. The molecule has 5 nitrogen and oxygen atoms in total. The van der Waals surface area contributed by atoms with Gasteiger partial charge in [-0.1, -0.05) is 36.0 Å². The maximum atomic E-state index is 12.3. The molecule has 0 bridgehead atoms. The molecule has 2 aromatic rings. The lowest BCUT2D eigenvalue weighted by Gasteiger charge is -2.10. The highest BCUT2D eigenvalue weighted by atomic mass is 32.2. The number of amidine groups is 1. The van der Waals surface area contributed by atoms with Gasteiger partial charge in [-0.2, -0.15) is 0 Å². The van der Waals surface area contributed by atoms with Crippen LogP contribution in [0.2, 0.25) is 0 Å². The second-order valence-corrected chi connectivity index (χ2v) is 7.61. The lowest BCUT2D eigenvalue weighted by Crippen LogP contribution is -2.28. The van der Waals surface area contributed by atoms with Crippen LogP contribution in [0.4, 0.5) is 11.4 Å². The smallest absolute Gasteiger partial charge is 0.240 e. The summed E-state index contributed by atoms with van der Waals surface area (Å²) >= 11 is 1.29. The Kier molecular flexibility index (Phi) is 5.42. The Labute approximate surface area is 157 Å². The number of anilines is 1. The highest BCUT2D eigenvalue weighted by Crippen LogP contribution is 2.26. The molecule has 3 rings (SSSR count). The molecule has 0 unspecified atom stereocenters. The van der Waals surface area contributed by atoms with E-state index in [1.54, 1.807) is 0 Å². The first-order valence-corrected chi connectivity index (χ1v) is 9.28. The van der Waals surface area contributed by atoms with Gasteiger partial charge in [-0.15, -0.1) is 0 Å². The number of aliphatic imine (C=N–C) groups is 1. The monoisotopic (exact) mass is 367 g/mol. The van der Waals surface area contributed by atoms with Gasteiger partial charge in [0, 0.05) is 12.1 Å². The molecule has 1 saturated heterocycles. The van der Waals surface area contributed by atoms with Crippen molar-refractivity contribution in [2.24, 2.45) is 4.99 Å². The van der Waals surface area contributed by atoms with Crippen LogP contribution in [0.1, 0.15) is 23.1 Å². The Morgan fingerprint density at radius 1 is 1.15 bits per heavy atom. The van der Waals surface area contributed by atoms with Gasteiger partial charge in [0.2, 0.25) is 11.8 Å². The standard InChI is InChI=1S/C20H21N3O2S/c1-12-5-4-6-15(9-12)21-20-23-19(25)17(26-20)11-18(24)22-16-10-13(2)7-8-14(16)3/h4-10,17H,11H2,1-3H3,(H,22,24)(H,21,23,25)/t17-/m1/s1. The van der Waals surface area contributed by atoms with Crippen molar-refractivity contribution < 1.29 is 9.59 Å². The van der Waals surface area contributed by atoms with Crippen molar-refractivity contribution in [1.29, 1.82) is 0 Å². The number of aryl methyl sites for hydroxylation is 3. The molecule has 1 aliphatic heterocycles. The van der Waals surface area contributed by atoms with E-state index in [2.05, 4.69) is 15.6 Å². The molecule has 2 amide bonds. The van der Waals surface area contributed by atoms with Gasteiger partial charge >= 0.3 is 0 Å². The third-order valence-corrected chi connectivity index (χ3v) is 5.13. The van der Waals surface area contributed by atoms with Gasteiger partial charge < -0.3 is 10.6 Å². The minimum absolute atomic E-state index is 0.108. The Balaban J connectivity index is 1.64. The molecule has 0 spiro atoms. The fourth-order valence-corrected chi connectivity index (χ4v) is 3.63. The number of nitrogens with one attached hydrogen (secondary N) is 2. The number of carbonyl (C=O) groups excluding carboxylic acids is 2. The van der Waals surface area contributed by atoms with Gasteiger partial charge in [0.05, 0.1) is 5.69 Å². The van der Waals surface area contributed by atoms with Crippen LogP contribution in [-0.2, 0) is 9.59 Å². The molecule has 1 heterocycles. The molecule has 1 atom stereocenters. The number of rotatable bonds is 4. The van der Waals surface area contributed by atoms with Crippen molar-refractivity contribution in [1.82, 2.24) is 5.32 Å². The fourth-order valence-electron chi connectivity index (χ4n) is 2.65. The summed E-state index contributed by atoms with van der Waals surface area (Å²) < 4.78 is 0. The SMILES string of the molecule is Cc1cccc(N=C2NC(=O)[C@@H](CC(=O)Nc3cc(C)ccc3C)S2)c1. The minimum Gasteiger partial charge on any atom is -0.326 e. The van der Waals surface area contributed by atoms with Crippen molar-refractivity contribution >= 4 is 40.1 Å². The van der Waals surface area contributed by atoms with Crippen LogP contribution in [0, 0.1) is 20.8 Å². The summed E-state index contributed by atoms with van der Waals surface area (Å²) in [6.45, 7) is 5.91. The van der Waals surface area contributed by atoms with E-state index < -0.39 is 5.25 Å². The summed E-state index contributed by atoms with van der Waals surface area (Å²) in [7, 11) is 0. The Bertz CT molecular complexity index is 892. The largest absolute Gasteiger partial charge is 0.326 e. The van der Waals surface area contributed by atoms with Crippen molar-refractivity contribution in [3.05, 3.63) is 59.2 Å². The third-order valence-electron chi connectivity index (χ3n) is 4.05. The lowest BCUT2D eigenvalue weighted by molar-refractivity contribution is -0.122. The molecule has 6 heteroatoms. The van der Waals surface area contributed by atoms with E-state index in [1.165, 1.54) is 11.8 Å². The minimum atomic E-state index is -0.469. The van der Waals surface area contributed by atoms with Crippen LogP contribution in [0.5, 0.6) is 0 Å². The van der Waals surface area contributed by atoms with E-state index in [0.717, 1.165) is 28.1 Å². The van der Waals surface area contributed by atoms with Crippen molar-refractivity contribution in [2.75, 3.05) is 5.32 Å². The second-order valence-electron chi connectivity index (χ2n) is 6.42. The number of amides is 2. The van der Waals surface area contributed by atoms with Gasteiger partial charge in [-0.25, -0.2) is 4.99 Å². The second kappa shape index (κ2) is 7.74. The maximum absolute atomic E-state index is 12.3. The summed E-state index contributed by atoms with van der Waals surface area (Å²) in [6, 6.07) is 13.6. The highest BCUT2D eigenvalue weighted by Gasteiger charge is 2.32. The van der Waals surface area contributed by atoms with Crippen LogP contribution in [0.25, 0.3) is 0 Å². The first kappa shape index (κ1) is 18.2. The van der Waals surface area contributed by atoms with Gasteiger partial charge in [0.25, 0.3) is 0 Å². The predicted octanol–water partition coefficient (Wildman–Crippen LogP) is 3.86. The van der Waals surface area contributed by atoms with E-state index in [4.69, 9.17) is 0 Å². The summed E-state index contributed by atoms with van der Waals surface area (Å²) in [6.07, 6.45) is 0.108. The van der Waals surface area contributed by atoms with Crippen molar-refractivity contribution in [3.8, 4) is 0 Å². The van der Waals surface area contributed by atoms with Crippen LogP contribution < -0.4 is 10.6 Å². The van der Waals surface area contributed by atoms with Gasteiger partial charge in [-0.05, 0) is 55.7 Å². The number of benzene rings is 2. The summed E-state index contributed by atoms with van der Waals surface area (Å²) in [4.78, 5) is 29.0. The highest BCUT2D eigenvalue weighted by molar-refractivity contribution is 8.15. The molecule has 0 aromatic heterocycles. The molecular formula is C20H21N3O2S. The van der Waals surface area contributed by atoms with Gasteiger partial charge in [-0.3, -0.25) is 9.59 Å². The zero-order valence-electron chi connectivity index (χ0n) is 15.0. The summed E-state index contributed by atoms with van der Waals surface area (Å²) in [5, 5.41) is 5.72. The van der Waals surface area contributed by atoms with E-state index in [1.807, 2.05) is 63.2 Å². The third kappa shape index (κ3) is 4.52. The summed E-state index contributed by atoms with van der Waals surface area (Å²) in [5.74, 6) is -0.360. The van der Waals surface area contributed by atoms with Gasteiger partial charge in [0.15, 0.2) is 5.17 Å². The topological polar surface area (TPSA) is 70.6 Å². The molecule has 1 fully saturated rings. The van der Waals surface area contributed by atoms with E-state index in [0.29, 0.717) is 5.17 Å². The number of hydrogen-bond acceptors (Lipinski definition) is 4. The van der Waals surface area contributed by atoms with E-state index >= 15 is 0 Å². The zero-order chi connectivity index (χ0) is 18.7. The van der Waals surface area contributed by atoms with E-state index in [-0.39, 0.29) is 18.2 Å². The molecule has 0 saturated carbocycles. The molecule has 0 aliphatic carbocycles. The Hall–Kier alpha value is -2.60. The molecule has 2 aromatic carbocycles. The summed E-state index contributed by atoms with van der Waals surface area (Å²) in [5.41, 5.74) is 4.74. The Morgan fingerprint density at radius 2 is 1.92 bits per heavy atom. The number of carbonyl (C=O) groups is 2. The van der Waals surface area contributed by atoms with Crippen LogP contribution >= 0.6 is 11.8 Å². The molecule has 2 N–H and O–H groups in total. The molecular weight excluding hydrogens is 346 g/mol. The number of hydrogen-bond donors (Lipinski definition) is 2. The van der Waals surface area contributed by atoms with Crippen LogP contribution in [-0.4, -0.2) is 22.2 Å². The first-order chi connectivity index (χ1) is 12.4. The molecule has 1 aliphatic rings. The first-order valence-electron chi connectivity index (χ1n) is 8.41. The fraction of sp³-hybridized carbons (Fsp3) is 0.250. The Morgan fingerprint density at radius 3 is 2.69 bits per heavy atom.